The second-order valence-electron chi connectivity index (χ2n) is 1.43. The summed E-state index contributed by atoms with van der Waals surface area (Å²) in [7, 11) is 2.05. The fourth-order valence-corrected chi connectivity index (χ4v) is 0.310. The molecule has 0 spiro atoms. The Morgan fingerprint density at radius 1 is 1.10 bits per heavy atom. The first-order chi connectivity index (χ1) is 4.63. The van der Waals surface area contributed by atoms with Gasteiger partial charge in [0.05, 0.1) is 14.2 Å². The van der Waals surface area contributed by atoms with E-state index >= 15 is 0 Å². The van der Waals surface area contributed by atoms with E-state index in [-0.39, 0.29) is 0 Å². The minimum Gasteiger partial charge on any atom is -0.467 e. The van der Waals surface area contributed by atoms with E-state index in [1.165, 1.54) is 0 Å². The number of esters is 2. The van der Waals surface area contributed by atoms with Gasteiger partial charge >= 0.3 is 11.9 Å². The molecule has 0 aromatic heterocycles. The zero-order valence-corrected chi connectivity index (χ0v) is 5.62. The Morgan fingerprint density at radius 3 is 1.60 bits per heavy atom. The molecule has 0 aliphatic rings. The molecule has 0 atom stereocenters. The summed E-state index contributed by atoms with van der Waals surface area (Å²) >= 11 is 0. The van der Waals surface area contributed by atoms with Gasteiger partial charge in [0.15, 0.2) is 0 Å². The van der Waals surface area contributed by atoms with Crippen LogP contribution < -0.4 is 0 Å². The van der Waals surface area contributed by atoms with Crippen LogP contribution in [0.2, 0.25) is 0 Å². The molecule has 10 heavy (non-hydrogen) atoms. The Morgan fingerprint density at radius 2 is 1.40 bits per heavy atom. The molecule has 0 amide bonds. The lowest BCUT2D eigenvalue weighted by Crippen LogP contribution is -2.30. The van der Waals surface area contributed by atoms with Gasteiger partial charge in [0.1, 0.15) is 0 Å². The predicted molar refractivity (Wildman–Crippen MR) is 28.5 cm³/mol. The summed E-state index contributed by atoms with van der Waals surface area (Å²) in [6.45, 7) is 0. The average molecular weight is 147 g/mol. The summed E-state index contributed by atoms with van der Waals surface area (Å²) in [5.41, 5.74) is 0. The second-order valence-corrected chi connectivity index (χ2v) is 1.43. The number of carbonyl (C=O) groups is 2. The highest BCUT2D eigenvalue weighted by Gasteiger charge is 2.27. The van der Waals surface area contributed by atoms with E-state index < -0.39 is 18.0 Å². The molecule has 0 aliphatic heterocycles. The van der Waals surface area contributed by atoms with Gasteiger partial charge in [-0.15, -0.1) is 0 Å². The molecule has 0 aromatic rings. The van der Waals surface area contributed by atoms with Crippen LogP contribution in [-0.4, -0.2) is 32.3 Å². The Kier molecular flexibility index (Phi) is 3.42. The molecule has 0 fully saturated rings. The van der Waals surface area contributed by atoms with E-state index in [1.54, 1.807) is 0 Å². The van der Waals surface area contributed by atoms with Gasteiger partial charge in [-0.25, -0.2) is 14.7 Å². The number of methoxy groups -OCH3 is 2. The fourth-order valence-electron chi connectivity index (χ4n) is 0.310. The van der Waals surface area contributed by atoms with E-state index in [4.69, 9.17) is 0 Å². The molecule has 0 N–H and O–H groups in total. The number of carbonyl (C=O) groups excluding carboxylic acids is 2. The number of rotatable bonds is 2. The Hall–Kier alpha value is -1.10. The maximum Gasteiger partial charge on any atom is 0.350 e. The minimum atomic E-state index is -2.07. The number of hydrogen-bond acceptors (Lipinski definition) is 4. The molecule has 0 saturated carbocycles. The highest BCUT2D eigenvalue weighted by Crippen LogP contribution is 1.90. The van der Waals surface area contributed by atoms with Gasteiger partial charge in [0.25, 0.3) is 6.10 Å². The zero-order valence-electron chi connectivity index (χ0n) is 5.62. The van der Waals surface area contributed by atoms with Crippen LogP contribution in [0.3, 0.4) is 0 Å². The minimum absolute atomic E-state index is 1.02. The Labute approximate surface area is 57.5 Å². The van der Waals surface area contributed by atoms with E-state index in [0.717, 1.165) is 14.2 Å². The SMILES string of the molecule is COC(=O)C([O])C(=O)OC. The molecule has 5 heteroatoms. The highest BCUT2D eigenvalue weighted by atomic mass is 16.6. The predicted octanol–water partition coefficient (Wildman–Crippen LogP) is -0.869. The maximum absolute atomic E-state index is 10.4. The Bertz CT molecular complexity index is 125. The lowest BCUT2D eigenvalue weighted by atomic mass is 10.4. The fraction of sp³-hybridized carbons (Fsp3) is 0.600. The van der Waals surface area contributed by atoms with E-state index in [1.807, 2.05) is 0 Å². The first kappa shape index (κ1) is 8.90. The van der Waals surface area contributed by atoms with Gasteiger partial charge in [-0.2, -0.15) is 0 Å². The van der Waals surface area contributed by atoms with Crippen LogP contribution >= 0.6 is 0 Å². The quantitative estimate of drug-likeness (QED) is 0.376. The Balaban J connectivity index is 3.94. The molecule has 0 bridgehead atoms. The van der Waals surface area contributed by atoms with Gasteiger partial charge in [0, 0.05) is 0 Å². The van der Waals surface area contributed by atoms with Gasteiger partial charge in [0.2, 0.25) is 0 Å². The van der Waals surface area contributed by atoms with Crippen molar-refractivity contribution in [2.24, 2.45) is 0 Å². The van der Waals surface area contributed by atoms with Crippen molar-refractivity contribution in [1.82, 2.24) is 0 Å². The summed E-state index contributed by atoms with van der Waals surface area (Å²) in [4.78, 5) is 20.6. The molecule has 0 aliphatic carbocycles. The third-order valence-corrected chi connectivity index (χ3v) is 0.831. The number of hydrogen-bond donors (Lipinski definition) is 0. The van der Waals surface area contributed by atoms with Crippen LogP contribution in [0.25, 0.3) is 0 Å². The van der Waals surface area contributed by atoms with Crippen molar-refractivity contribution < 1.29 is 24.2 Å². The van der Waals surface area contributed by atoms with E-state index in [9.17, 15) is 14.7 Å². The molecule has 0 saturated heterocycles. The van der Waals surface area contributed by atoms with Crippen molar-refractivity contribution in [3.8, 4) is 0 Å². The average Bonchev–Trinajstić information content (AvgIpc) is 2.00. The molecular weight excluding hydrogens is 140 g/mol. The molecule has 57 valence electrons. The van der Waals surface area contributed by atoms with Crippen molar-refractivity contribution in [2.45, 2.75) is 6.10 Å². The van der Waals surface area contributed by atoms with Gasteiger partial charge in [-0.3, -0.25) is 0 Å². The summed E-state index contributed by atoms with van der Waals surface area (Å²) in [5, 5.41) is 10.4. The standard InChI is InChI=1S/C5H7O5/c1-9-4(7)3(6)5(8)10-2/h3H,1-2H3. The largest absolute Gasteiger partial charge is 0.467 e. The van der Waals surface area contributed by atoms with E-state index in [2.05, 4.69) is 9.47 Å². The molecule has 1 radical (unpaired) electrons. The maximum atomic E-state index is 10.4. The monoisotopic (exact) mass is 147 g/mol. The van der Waals surface area contributed by atoms with Crippen molar-refractivity contribution in [3.05, 3.63) is 0 Å². The highest BCUT2D eigenvalue weighted by molar-refractivity contribution is 5.97. The zero-order chi connectivity index (χ0) is 8.15. The van der Waals surface area contributed by atoms with Crippen LogP contribution in [0, 0.1) is 0 Å². The van der Waals surface area contributed by atoms with Crippen LogP contribution in [0.15, 0.2) is 0 Å². The van der Waals surface area contributed by atoms with Crippen LogP contribution in [0.4, 0.5) is 0 Å². The summed E-state index contributed by atoms with van der Waals surface area (Å²) in [6.07, 6.45) is -2.07. The van der Waals surface area contributed by atoms with Gasteiger partial charge < -0.3 is 9.47 Å². The number of ether oxygens (including phenoxy) is 2. The lowest BCUT2D eigenvalue weighted by Gasteiger charge is -2.01. The molecule has 0 rings (SSSR count). The normalized spacial score (nSPS) is 9.20. The smallest absolute Gasteiger partial charge is 0.350 e. The van der Waals surface area contributed by atoms with Crippen LogP contribution in [-0.2, 0) is 24.2 Å². The first-order valence-corrected chi connectivity index (χ1v) is 2.45. The molecule has 5 nitrogen and oxygen atoms in total. The molecule has 0 heterocycles. The molecule has 0 unspecified atom stereocenters. The van der Waals surface area contributed by atoms with Gasteiger partial charge in [-0.1, -0.05) is 0 Å². The third kappa shape index (κ3) is 2.02. The van der Waals surface area contributed by atoms with Crippen molar-refractivity contribution in [1.29, 1.82) is 0 Å². The molecule has 0 aromatic carbocycles. The topological polar surface area (TPSA) is 72.5 Å². The van der Waals surface area contributed by atoms with Crippen LogP contribution in [0.5, 0.6) is 0 Å². The summed E-state index contributed by atoms with van der Waals surface area (Å²) < 4.78 is 7.97. The third-order valence-electron chi connectivity index (χ3n) is 0.831. The van der Waals surface area contributed by atoms with E-state index in [0.29, 0.717) is 0 Å². The van der Waals surface area contributed by atoms with Crippen LogP contribution in [0.1, 0.15) is 0 Å². The second kappa shape index (κ2) is 3.84. The summed E-state index contributed by atoms with van der Waals surface area (Å²) in [5.74, 6) is -2.27. The molecular formula is C5H7O5. The lowest BCUT2D eigenvalue weighted by molar-refractivity contribution is -0.170. The first-order valence-electron chi connectivity index (χ1n) is 2.45. The van der Waals surface area contributed by atoms with Gasteiger partial charge in [-0.05, 0) is 0 Å². The van der Waals surface area contributed by atoms with Crippen molar-refractivity contribution in [2.75, 3.05) is 14.2 Å². The van der Waals surface area contributed by atoms with Crippen molar-refractivity contribution >= 4 is 11.9 Å². The summed E-state index contributed by atoms with van der Waals surface area (Å²) in [6, 6.07) is 0. The van der Waals surface area contributed by atoms with Crippen molar-refractivity contribution in [3.63, 3.8) is 0 Å².